The second kappa shape index (κ2) is 8.65. The van der Waals surface area contributed by atoms with Crippen LogP contribution in [0.2, 0.25) is 5.21 Å². The number of nitrogens with zero attached hydrogens (tertiary/aromatic N) is 5. The molecule has 14 heteroatoms. The summed E-state index contributed by atoms with van der Waals surface area (Å²) < 4.78 is 59.4. The molecule has 1 saturated heterocycles. The Morgan fingerprint density at radius 1 is 1.27 bits per heavy atom. The molecule has 1 fully saturated rings. The minimum absolute atomic E-state index is 0.000968. The zero-order valence-corrected chi connectivity index (χ0v) is 18.0. The number of fused-ring (bicyclic) bond motifs is 1. The molecule has 1 amide bonds. The number of carbonyl (C=O) groups excluding carboxylic acids is 1. The maximum absolute atomic E-state index is 13.5. The molecule has 0 bridgehead atoms. The highest BCUT2D eigenvalue weighted by Gasteiger charge is 2.32. The van der Waals surface area contributed by atoms with Gasteiger partial charge in [-0.1, -0.05) is 0 Å². The van der Waals surface area contributed by atoms with Crippen LogP contribution >= 0.6 is 0 Å². The van der Waals surface area contributed by atoms with Gasteiger partial charge in [0, 0.05) is 38.2 Å². The Kier molecular flexibility index (Phi) is 6.04. The normalized spacial score (nSPS) is 16.5. The fourth-order valence-electron chi connectivity index (χ4n) is 3.66. The number of pyridine rings is 2. The van der Waals surface area contributed by atoms with Crippen LogP contribution in [0.4, 0.5) is 29.2 Å². The van der Waals surface area contributed by atoms with Crippen molar-refractivity contribution in [2.75, 3.05) is 31.6 Å². The Labute approximate surface area is 188 Å². The second-order valence-corrected chi connectivity index (χ2v) is 8.64. The summed E-state index contributed by atoms with van der Waals surface area (Å²) in [4.78, 5) is 22.8. The molecule has 172 valence electrons. The predicted molar refractivity (Wildman–Crippen MR) is 118 cm³/mol. The zero-order chi connectivity index (χ0) is 23.8. The highest BCUT2D eigenvalue weighted by Crippen LogP contribution is 2.29. The van der Waals surface area contributed by atoms with Crippen molar-refractivity contribution in [1.82, 2.24) is 24.6 Å². The van der Waals surface area contributed by atoms with E-state index in [0.717, 1.165) is 16.8 Å². The van der Waals surface area contributed by atoms with Gasteiger partial charge in [0.1, 0.15) is 39.6 Å². The average Bonchev–Trinajstić information content (AvgIpc) is 2.92. The largest absolute Gasteiger partial charge is 0.408 e. The summed E-state index contributed by atoms with van der Waals surface area (Å²) in [6.07, 6.45) is -2.05. The van der Waals surface area contributed by atoms with Crippen LogP contribution in [0.3, 0.4) is 0 Å². The van der Waals surface area contributed by atoms with Gasteiger partial charge in [-0.2, -0.15) is 18.3 Å². The van der Waals surface area contributed by atoms with Gasteiger partial charge in [-0.05, 0) is 17.3 Å². The number of hydrogen-bond acceptors (Lipinski definition) is 6. The minimum atomic E-state index is -4.55. The Hall–Kier alpha value is -3.15. The lowest BCUT2D eigenvalue weighted by atomic mass is 9.55. The number of carbonyl (C=O) groups is 1. The highest BCUT2D eigenvalue weighted by molar-refractivity contribution is 6.40. The van der Waals surface area contributed by atoms with E-state index >= 15 is 0 Å². The molecule has 0 unspecified atom stereocenters. The van der Waals surface area contributed by atoms with Crippen LogP contribution in [0.1, 0.15) is 10.5 Å². The lowest BCUT2D eigenvalue weighted by Crippen LogP contribution is -2.39. The molecule has 33 heavy (non-hydrogen) atoms. The number of amides is 1. The number of rotatable bonds is 4. The third-order valence-electron chi connectivity index (χ3n) is 5.06. The molecule has 3 aromatic rings. The fraction of sp³-hybridized carbons (Fsp3) is 0.368. The molecule has 4 heterocycles. The number of anilines is 2. The van der Waals surface area contributed by atoms with Gasteiger partial charge < -0.3 is 15.0 Å². The maximum atomic E-state index is 13.5. The van der Waals surface area contributed by atoms with Crippen LogP contribution in [0.15, 0.2) is 30.6 Å². The van der Waals surface area contributed by atoms with E-state index < -0.39 is 24.4 Å². The van der Waals surface area contributed by atoms with E-state index in [1.54, 1.807) is 4.90 Å². The molecular weight excluding hydrogens is 442 g/mol. The lowest BCUT2D eigenvalue weighted by Gasteiger charge is -2.28. The molecular formula is C19H20B2F4N6O2. The van der Waals surface area contributed by atoms with Crippen molar-refractivity contribution in [2.24, 2.45) is 0 Å². The third kappa shape index (κ3) is 5.44. The standard InChI is InChI=1S/C19H20B2F4N6O2/c20-18(21)8-30(3-4-33-10-18)17(32)13-6-14-12(7-27-13)16(29-31(14)9-19(23,24)25)28-15-5-11(22)1-2-26-15/h1-2,5-7H,3-4,8-10,20-21H2,(H,26,28,29). The van der Waals surface area contributed by atoms with Crippen LogP contribution in [0.25, 0.3) is 10.9 Å². The first-order valence-corrected chi connectivity index (χ1v) is 10.2. The monoisotopic (exact) mass is 462 g/mol. The highest BCUT2D eigenvalue weighted by atomic mass is 19.4. The van der Waals surface area contributed by atoms with E-state index in [2.05, 4.69) is 20.4 Å². The number of ether oxygens (including phenoxy) is 1. The topological polar surface area (TPSA) is 85.2 Å². The van der Waals surface area contributed by atoms with Gasteiger partial charge in [0.05, 0.1) is 17.5 Å². The number of aromatic nitrogens is 4. The maximum Gasteiger partial charge on any atom is 0.408 e. The van der Waals surface area contributed by atoms with Crippen molar-refractivity contribution in [3.63, 3.8) is 0 Å². The molecule has 8 nitrogen and oxygen atoms in total. The van der Waals surface area contributed by atoms with Gasteiger partial charge in [0.2, 0.25) is 0 Å². The van der Waals surface area contributed by atoms with E-state index in [0.29, 0.717) is 26.3 Å². The van der Waals surface area contributed by atoms with E-state index in [-0.39, 0.29) is 33.4 Å². The molecule has 0 aromatic carbocycles. The van der Waals surface area contributed by atoms with Gasteiger partial charge in [-0.15, -0.1) is 0 Å². The molecule has 0 aliphatic carbocycles. The fourth-order valence-corrected chi connectivity index (χ4v) is 3.66. The zero-order valence-electron chi connectivity index (χ0n) is 18.0. The summed E-state index contributed by atoms with van der Waals surface area (Å²) in [6.45, 7) is 0.250. The number of hydrogen-bond donors (Lipinski definition) is 1. The first-order valence-electron chi connectivity index (χ1n) is 10.2. The van der Waals surface area contributed by atoms with Crippen molar-refractivity contribution < 1.29 is 27.1 Å². The predicted octanol–water partition coefficient (Wildman–Crippen LogP) is 1.13. The summed E-state index contributed by atoms with van der Waals surface area (Å²) in [7, 11) is 3.93. The van der Waals surface area contributed by atoms with E-state index in [9.17, 15) is 22.4 Å². The van der Waals surface area contributed by atoms with Crippen molar-refractivity contribution in [3.8, 4) is 0 Å². The molecule has 0 spiro atoms. The van der Waals surface area contributed by atoms with Crippen LogP contribution in [-0.2, 0) is 11.3 Å². The molecule has 1 N–H and O–H groups in total. The van der Waals surface area contributed by atoms with Gasteiger partial charge in [-0.25, -0.2) is 9.37 Å². The van der Waals surface area contributed by atoms with Crippen molar-refractivity contribution in [1.29, 1.82) is 0 Å². The molecule has 4 rings (SSSR count). The van der Waals surface area contributed by atoms with Gasteiger partial charge >= 0.3 is 6.18 Å². The SMILES string of the molecule is BC1(B)COCCN(C(=O)c2cc3c(cn2)c(Nc2cc(F)ccn2)nn3CC(F)(F)F)C1. The van der Waals surface area contributed by atoms with E-state index in [1.807, 2.05) is 15.7 Å². The van der Waals surface area contributed by atoms with Crippen molar-refractivity contribution >= 4 is 44.1 Å². The minimum Gasteiger partial charge on any atom is -0.380 e. The van der Waals surface area contributed by atoms with Gasteiger partial charge in [-0.3, -0.25) is 14.5 Å². The number of halogens is 4. The smallest absolute Gasteiger partial charge is 0.380 e. The van der Waals surface area contributed by atoms with Gasteiger partial charge in [0.15, 0.2) is 5.82 Å². The molecule has 0 radical (unpaired) electrons. The Morgan fingerprint density at radius 3 is 2.79 bits per heavy atom. The Morgan fingerprint density at radius 2 is 2.06 bits per heavy atom. The van der Waals surface area contributed by atoms with Crippen molar-refractivity contribution in [2.45, 2.75) is 17.9 Å². The molecule has 1 aliphatic heterocycles. The summed E-state index contributed by atoms with van der Waals surface area (Å²) in [5.41, 5.74) is 0.0638. The molecule has 1 aliphatic rings. The molecule has 0 saturated carbocycles. The van der Waals surface area contributed by atoms with Crippen LogP contribution in [-0.4, -0.2) is 78.7 Å². The van der Waals surface area contributed by atoms with Crippen LogP contribution in [0, 0.1) is 5.82 Å². The third-order valence-corrected chi connectivity index (χ3v) is 5.06. The summed E-state index contributed by atoms with van der Waals surface area (Å²) in [5, 5.41) is 6.67. The summed E-state index contributed by atoms with van der Waals surface area (Å²) in [6, 6.07) is 3.52. The second-order valence-electron chi connectivity index (χ2n) is 8.64. The Balaban J connectivity index is 1.72. The van der Waals surface area contributed by atoms with E-state index in [4.69, 9.17) is 4.74 Å². The molecule has 0 atom stereocenters. The molecule has 3 aromatic heterocycles. The van der Waals surface area contributed by atoms with Crippen molar-refractivity contribution in [3.05, 3.63) is 42.1 Å². The first kappa shape index (κ1) is 23.0. The van der Waals surface area contributed by atoms with Crippen LogP contribution < -0.4 is 5.32 Å². The quantitative estimate of drug-likeness (QED) is 0.463. The summed E-state index contributed by atoms with van der Waals surface area (Å²) in [5.74, 6) is -0.887. The Bertz CT molecular complexity index is 1190. The average molecular weight is 462 g/mol. The number of alkyl halides is 3. The van der Waals surface area contributed by atoms with E-state index in [1.165, 1.54) is 18.5 Å². The first-order chi connectivity index (χ1) is 15.5. The summed E-state index contributed by atoms with van der Waals surface area (Å²) >= 11 is 0. The lowest BCUT2D eigenvalue weighted by molar-refractivity contribution is -0.141. The van der Waals surface area contributed by atoms with Gasteiger partial charge in [0.25, 0.3) is 5.91 Å². The van der Waals surface area contributed by atoms with Crippen LogP contribution in [0.5, 0.6) is 0 Å². The number of nitrogens with one attached hydrogen (secondary N) is 1.